The predicted molar refractivity (Wildman–Crippen MR) is 110 cm³/mol. The minimum absolute atomic E-state index is 0.140. The predicted octanol–water partition coefficient (Wildman–Crippen LogP) is 5.25. The van der Waals surface area contributed by atoms with Crippen LogP contribution < -0.4 is 0 Å². The molecular weight excluding hydrogens is 399 g/mol. The van der Waals surface area contributed by atoms with Crippen molar-refractivity contribution in [3.63, 3.8) is 0 Å². The van der Waals surface area contributed by atoms with Gasteiger partial charge in [-0.15, -0.1) is 0 Å². The SMILES string of the molecule is Cc1cc(Cl)ccc1C(CCC#N)c1c[nH]c2c(CS(C)(=O)=O)cc(F)cc12. The van der Waals surface area contributed by atoms with Crippen LogP contribution in [0.25, 0.3) is 10.9 Å². The summed E-state index contributed by atoms with van der Waals surface area (Å²) < 4.78 is 37.8. The van der Waals surface area contributed by atoms with Crippen LogP contribution in [0, 0.1) is 24.1 Å². The first-order valence-electron chi connectivity index (χ1n) is 8.79. The number of aromatic nitrogens is 1. The molecule has 1 unspecified atom stereocenters. The fourth-order valence-corrected chi connectivity index (χ4v) is 4.71. The zero-order chi connectivity index (χ0) is 20.5. The Morgan fingerprint density at radius 1 is 1.25 bits per heavy atom. The van der Waals surface area contributed by atoms with Crippen molar-refractivity contribution >= 4 is 32.3 Å². The number of nitrogens with zero attached hydrogens (tertiary/aromatic N) is 1. The molecule has 0 aliphatic rings. The van der Waals surface area contributed by atoms with E-state index in [0.717, 1.165) is 22.9 Å². The molecule has 1 heterocycles. The highest BCUT2D eigenvalue weighted by Gasteiger charge is 2.22. The number of hydrogen-bond donors (Lipinski definition) is 1. The van der Waals surface area contributed by atoms with Crippen LogP contribution in [0.2, 0.25) is 5.02 Å². The van der Waals surface area contributed by atoms with E-state index in [2.05, 4.69) is 11.1 Å². The second kappa shape index (κ2) is 7.94. The van der Waals surface area contributed by atoms with E-state index in [4.69, 9.17) is 16.9 Å². The average Bonchev–Trinajstić information content (AvgIpc) is 2.99. The molecule has 3 rings (SSSR count). The van der Waals surface area contributed by atoms with Gasteiger partial charge in [0.25, 0.3) is 0 Å². The Bertz CT molecular complexity index is 1180. The third kappa shape index (κ3) is 4.37. The van der Waals surface area contributed by atoms with Crippen LogP contribution in [0.5, 0.6) is 0 Å². The monoisotopic (exact) mass is 418 g/mol. The maximum atomic E-state index is 14.3. The van der Waals surface area contributed by atoms with Gasteiger partial charge in [0.15, 0.2) is 9.84 Å². The Labute approximate surface area is 168 Å². The molecule has 0 fully saturated rings. The highest BCUT2D eigenvalue weighted by Crippen LogP contribution is 2.37. The summed E-state index contributed by atoms with van der Waals surface area (Å²) in [5.41, 5.74) is 3.84. The summed E-state index contributed by atoms with van der Waals surface area (Å²) in [5, 5.41) is 10.4. The van der Waals surface area contributed by atoms with Crippen LogP contribution in [-0.2, 0) is 15.6 Å². The number of rotatable bonds is 6. The molecule has 1 aromatic heterocycles. The minimum atomic E-state index is -3.32. The fraction of sp³-hybridized carbons (Fsp3) is 0.286. The topological polar surface area (TPSA) is 73.7 Å². The van der Waals surface area contributed by atoms with Crippen molar-refractivity contribution in [2.75, 3.05) is 6.26 Å². The number of halogens is 2. The van der Waals surface area contributed by atoms with Gasteiger partial charge in [-0.25, -0.2) is 12.8 Å². The summed E-state index contributed by atoms with van der Waals surface area (Å²) in [4.78, 5) is 3.12. The molecule has 146 valence electrons. The second-order valence-corrected chi connectivity index (χ2v) is 9.63. The van der Waals surface area contributed by atoms with Gasteiger partial charge in [0.1, 0.15) is 5.82 Å². The summed E-state index contributed by atoms with van der Waals surface area (Å²) in [7, 11) is -3.32. The molecule has 0 aliphatic heterocycles. The van der Waals surface area contributed by atoms with E-state index >= 15 is 0 Å². The number of H-pyrrole nitrogens is 1. The number of hydrogen-bond acceptors (Lipinski definition) is 3. The standard InChI is InChI=1S/C21H20ClFN2O2S/c1-13-8-15(22)5-6-17(13)18(4-3-7-24)20-11-25-21-14(12-28(2,26)27)9-16(23)10-19(20)21/h5-6,8-11,18,25H,3-4,12H2,1-2H3. The first kappa shape index (κ1) is 20.4. The zero-order valence-electron chi connectivity index (χ0n) is 15.6. The number of benzene rings is 2. The van der Waals surface area contributed by atoms with Crippen molar-refractivity contribution in [3.8, 4) is 6.07 Å². The molecule has 3 aromatic rings. The normalized spacial score (nSPS) is 12.8. The van der Waals surface area contributed by atoms with Gasteiger partial charge in [0, 0.05) is 35.2 Å². The Kier molecular flexibility index (Phi) is 5.78. The third-order valence-corrected chi connectivity index (χ3v) is 5.88. The molecule has 1 N–H and O–H groups in total. The van der Waals surface area contributed by atoms with Crippen LogP contribution in [0.4, 0.5) is 4.39 Å². The molecule has 0 radical (unpaired) electrons. The van der Waals surface area contributed by atoms with Crippen LogP contribution in [0.1, 0.15) is 41.0 Å². The summed E-state index contributed by atoms with van der Waals surface area (Å²) in [6.45, 7) is 1.95. The lowest BCUT2D eigenvalue weighted by molar-refractivity contribution is 0.600. The summed E-state index contributed by atoms with van der Waals surface area (Å²) >= 11 is 6.08. The molecule has 28 heavy (non-hydrogen) atoms. The summed E-state index contributed by atoms with van der Waals surface area (Å²) in [5.74, 6) is -0.873. The molecular formula is C21H20ClFN2O2S. The number of nitriles is 1. The Morgan fingerprint density at radius 3 is 2.64 bits per heavy atom. The molecule has 0 saturated heterocycles. The van der Waals surface area contributed by atoms with Crippen molar-refractivity contribution < 1.29 is 12.8 Å². The van der Waals surface area contributed by atoms with Crippen molar-refractivity contribution in [1.82, 2.24) is 4.98 Å². The Morgan fingerprint density at radius 2 is 2.00 bits per heavy atom. The lowest BCUT2D eigenvalue weighted by atomic mass is 9.85. The number of aromatic amines is 1. The number of fused-ring (bicyclic) bond motifs is 1. The van der Waals surface area contributed by atoms with E-state index in [9.17, 15) is 12.8 Å². The maximum Gasteiger partial charge on any atom is 0.151 e. The Hall–Kier alpha value is -2.36. The lowest BCUT2D eigenvalue weighted by Crippen LogP contribution is -2.04. The van der Waals surface area contributed by atoms with Crippen molar-refractivity contribution in [3.05, 3.63) is 69.6 Å². The van der Waals surface area contributed by atoms with Gasteiger partial charge in [-0.1, -0.05) is 17.7 Å². The van der Waals surface area contributed by atoms with Crippen molar-refractivity contribution in [2.24, 2.45) is 0 Å². The van der Waals surface area contributed by atoms with Gasteiger partial charge in [-0.05, 0) is 59.9 Å². The Balaban J connectivity index is 2.19. The van der Waals surface area contributed by atoms with Crippen LogP contribution in [0.15, 0.2) is 36.5 Å². The van der Waals surface area contributed by atoms with Gasteiger partial charge in [-0.3, -0.25) is 0 Å². The molecule has 0 amide bonds. The highest BCUT2D eigenvalue weighted by atomic mass is 35.5. The van der Waals surface area contributed by atoms with Crippen LogP contribution in [0.3, 0.4) is 0 Å². The van der Waals surface area contributed by atoms with E-state index in [-0.39, 0.29) is 11.7 Å². The largest absolute Gasteiger partial charge is 0.361 e. The lowest BCUT2D eigenvalue weighted by Gasteiger charge is -2.19. The van der Waals surface area contributed by atoms with Crippen LogP contribution >= 0.6 is 11.6 Å². The molecule has 4 nitrogen and oxygen atoms in total. The fourth-order valence-electron chi connectivity index (χ4n) is 3.69. The van der Waals surface area contributed by atoms with E-state index in [1.54, 1.807) is 12.3 Å². The van der Waals surface area contributed by atoms with E-state index in [1.165, 1.54) is 12.1 Å². The average molecular weight is 419 g/mol. The molecule has 1 atom stereocenters. The second-order valence-electron chi connectivity index (χ2n) is 7.05. The molecule has 0 bridgehead atoms. The van der Waals surface area contributed by atoms with Gasteiger partial charge >= 0.3 is 0 Å². The van der Waals surface area contributed by atoms with Gasteiger partial charge < -0.3 is 4.98 Å². The van der Waals surface area contributed by atoms with E-state index in [0.29, 0.717) is 34.3 Å². The molecule has 7 heteroatoms. The van der Waals surface area contributed by atoms with Gasteiger partial charge in [0.05, 0.1) is 17.3 Å². The minimum Gasteiger partial charge on any atom is -0.361 e. The number of nitrogens with one attached hydrogen (secondary N) is 1. The summed E-state index contributed by atoms with van der Waals surface area (Å²) in [6.07, 6.45) is 3.81. The third-order valence-electron chi connectivity index (χ3n) is 4.81. The summed E-state index contributed by atoms with van der Waals surface area (Å²) in [6, 6.07) is 10.4. The van der Waals surface area contributed by atoms with Crippen LogP contribution in [-0.4, -0.2) is 19.7 Å². The maximum absolute atomic E-state index is 14.3. The van der Waals surface area contributed by atoms with E-state index in [1.807, 2.05) is 19.1 Å². The smallest absolute Gasteiger partial charge is 0.151 e. The highest BCUT2D eigenvalue weighted by molar-refractivity contribution is 7.89. The molecule has 0 spiro atoms. The molecule has 0 saturated carbocycles. The van der Waals surface area contributed by atoms with Gasteiger partial charge in [-0.2, -0.15) is 5.26 Å². The zero-order valence-corrected chi connectivity index (χ0v) is 17.2. The first-order chi connectivity index (χ1) is 13.2. The molecule has 2 aromatic carbocycles. The van der Waals surface area contributed by atoms with Crippen molar-refractivity contribution in [2.45, 2.75) is 31.4 Å². The van der Waals surface area contributed by atoms with Gasteiger partial charge in [0.2, 0.25) is 0 Å². The van der Waals surface area contributed by atoms with E-state index < -0.39 is 15.7 Å². The molecule has 0 aliphatic carbocycles. The first-order valence-corrected chi connectivity index (χ1v) is 11.2. The van der Waals surface area contributed by atoms with Crippen molar-refractivity contribution in [1.29, 1.82) is 5.26 Å². The number of sulfone groups is 1. The quantitative estimate of drug-likeness (QED) is 0.594. The number of aryl methyl sites for hydroxylation is 1.